The number of likely N-dealkylation sites (N-methyl/N-ethyl adjacent to an activating group) is 1. The number of nitrogens with zero attached hydrogens (tertiary/aromatic N) is 1. The minimum Gasteiger partial charge on any atom is -0.509 e. The van der Waals surface area contributed by atoms with Gasteiger partial charge in [0.2, 0.25) is 0 Å². The van der Waals surface area contributed by atoms with E-state index in [1.54, 1.807) is 11.9 Å². The number of hydrogen-bond acceptors (Lipinski definition) is 5. The highest BCUT2D eigenvalue weighted by Crippen LogP contribution is 2.12. The fourth-order valence-corrected chi connectivity index (χ4v) is 1.31. The van der Waals surface area contributed by atoms with Crippen molar-refractivity contribution in [3.63, 3.8) is 0 Å². The molecule has 72 valence electrons. The zero-order valence-corrected chi connectivity index (χ0v) is 7.69. The summed E-state index contributed by atoms with van der Waals surface area (Å²) in [7, 11) is 0.610. The summed E-state index contributed by atoms with van der Waals surface area (Å²) in [4.78, 5) is 24.1. The molecule has 1 heterocycles. The first-order valence-electron chi connectivity index (χ1n) is 4.10. The molecule has 1 saturated heterocycles. The topological polar surface area (TPSA) is 66.8 Å². The molecule has 0 bridgehead atoms. The lowest BCUT2D eigenvalue weighted by molar-refractivity contribution is -0.143. The van der Waals surface area contributed by atoms with Gasteiger partial charge in [0.1, 0.15) is 5.92 Å². The molecule has 0 spiro atoms. The maximum Gasteiger partial charge on any atom is 0.521 e. The Morgan fingerprint density at radius 2 is 2.38 bits per heavy atom. The highest BCUT2D eigenvalue weighted by atomic mass is 16.6. The van der Waals surface area contributed by atoms with Crippen molar-refractivity contribution in [3.05, 3.63) is 0 Å². The van der Waals surface area contributed by atoms with Gasteiger partial charge in [-0.15, -0.1) is 0 Å². The van der Waals surface area contributed by atoms with Crippen molar-refractivity contribution >= 4 is 18.9 Å². The Labute approximate surface area is 76.8 Å². The van der Waals surface area contributed by atoms with E-state index in [9.17, 15) is 9.59 Å². The number of carbonyl (C=O) groups excluding carboxylic acids is 2. The first-order chi connectivity index (χ1) is 6.00. The third-order valence-corrected chi connectivity index (χ3v) is 1.88. The molecule has 1 rings (SSSR count). The summed E-state index contributed by atoms with van der Waals surface area (Å²) < 4.78 is 4.52. The summed E-state index contributed by atoms with van der Waals surface area (Å²) in [6.07, 6.45) is 0. The van der Waals surface area contributed by atoms with Crippen molar-refractivity contribution in [3.8, 4) is 0 Å². The van der Waals surface area contributed by atoms with Crippen molar-refractivity contribution in [2.24, 2.45) is 5.92 Å². The highest BCUT2D eigenvalue weighted by Gasteiger charge is 2.36. The van der Waals surface area contributed by atoms with Gasteiger partial charge in [0, 0.05) is 6.54 Å². The van der Waals surface area contributed by atoms with Gasteiger partial charge in [-0.3, -0.25) is 14.5 Å². The van der Waals surface area contributed by atoms with Crippen LogP contribution in [0.25, 0.3) is 0 Å². The van der Waals surface area contributed by atoms with Crippen LogP contribution in [0.2, 0.25) is 6.82 Å². The van der Waals surface area contributed by atoms with E-state index in [0.717, 1.165) is 0 Å². The number of hydrogen-bond donors (Lipinski definition) is 1. The lowest BCUT2D eigenvalue weighted by Crippen LogP contribution is -2.29. The standard InChI is InChI=1S/C7H12BNO4/c1-8(12)13-7(11)5-3-9(2)4-6(5)10/h5,12H,3-4H2,1-2H3/t5-/m0/s1. The lowest BCUT2D eigenvalue weighted by Gasteiger charge is -2.09. The van der Waals surface area contributed by atoms with Crippen LogP contribution in [0.4, 0.5) is 0 Å². The fourth-order valence-electron chi connectivity index (χ4n) is 1.31. The van der Waals surface area contributed by atoms with Crippen molar-refractivity contribution in [1.29, 1.82) is 0 Å². The van der Waals surface area contributed by atoms with Crippen LogP contribution in [0.1, 0.15) is 0 Å². The summed E-state index contributed by atoms with van der Waals surface area (Å²) in [5.41, 5.74) is 0. The van der Waals surface area contributed by atoms with Crippen LogP contribution < -0.4 is 0 Å². The van der Waals surface area contributed by atoms with Gasteiger partial charge in [0.15, 0.2) is 5.78 Å². The highest BCUT2D eigenvalue weighted by molar-refractivity contribution is 6.43. The molecular weight excluding hydrogens is 173 g/mol. The summed E-state index contributed by atoms with van der Waals surface area (Å²) in [6.45, 7) is 1.99. The summed E-state index contributed by atoms with van der Waals surface area (Å²) >= 11 is 0. The summed E-state index contributed by atoms with van der Waals surface area (Å²) in [6, 6.07) is 0. The first-order valence-corrected chi connectivity index (χ1v) is 4.10. The van der Waals surface area contributed by atoms with Gasteiger partial charge in [0.05, 0.1) is 6.54 Å². The number of likely N-dealkylation sites (tertiary alicyclic amines) is 1. The molecule has 0 radical (unpaired) electrons. The fraction of sp³-hybridized carbons (Fsp3) is 0.714. The third-order valence-electron chi connectivity index (χ3n) is 1.88. The van der Waals surface area contributed by atoms with E-state index >= 15 is 0 Å². The lowest BCUT2D eigenvalue weighted by atomic mass is 9.96. The molecule has 1 aliphatic rings. The predicted molar refractivity (Wildman–Crippen MR) is 45.9 cm³/mol. The average molecular weight is 185 g/mol. The monoisotopic (exact) mass is 185 g/mol. The zero-order chi connectivity index (χ0) is 10.0. The summed E-state index contributed by atoms with van der Waals surface area (Å²) in [5, 5.41) is 8.77. The van der Waals surface area contributed by atoms with Crippen LogP contribution in [0.3, 0.4) is 0 Å². The van der Waals surface area contributed by atoms with E-state index in [0.29, 0.717) is 6.54 Å². The first kappa shape index (κ1) is 10.2. The molecule has 0 aliphatic carbocycles. The van der Waals surface area contributed by atoms with E-state index in [2.05, 4.69) is 4.65 Å². The van der Waals surface area contributed by atoms with Crippen molar-refractivity contribution in [2.45, 2.75) is 6.82 Å². The van der Waals surface area contributed by atoms with Crippen LogP contribution in [-0.2, 0) is 14.2 Å². The minimum atomic E-state index is -1.15. The number of ketones is 1. The van der Waals surface area contributed by atoms with E-state index < -0.39 is 19.0 Å². The Morgan fingerprint density at radius 1 is 1.77 bits per heavy atom. The zero-order valence-electron chi connectivity index (χ0n) is 7.69. The van der Waals surface area contributed by atoms with Crippen LogP contribution in [0, 0.1) is 5.92 Å². The molecule has 0 aromatic heterocycles. The van der Waals surface area contributed by atoms with E-state index in [4.69, 9.17) is 5.02 Å². The third kappa shape index (κ3) is 2.53. The van der Waals surface area contributed by atoms with Gasteiger partial charge in [-0.1, -0.05) is 0 Å². The molecule has 1 aliphatic heterocycles. The Hall–Kier alpha value is -0.875. The van der Waals surface area contributed by atoms with Crippen LogP contribution >= 0.6 is 0 Å². The summed E-state index contributed by atoms with van der Waals surface area (Å²) in [5.74, 6) is -1.50. The molecule has 0 aromatic carbocycles. The molecule has 6 heteroatoms. The molecule has 13 heavy (non-hydrogen) atoms. The molecule has 0 unspecified atom stereocenters. The van der Waals surface area contributed by atoms with Gasteiger partial charge < -0.3 is 9.68 Å². The van der Waals surface area contributed by atoms with E-state index in [-0.39, 0.29) is 12.3 Å². The smallest absolute Gasteiger partial charge is 0.509 e. The predicted octanol–water partition coefficient (Wildman–Crippen LogP) is -1.23. The van der Waals surface area contributed by atoms with Gasteiger partial charge in [-0.2, -0.15) is 0 Å². The van der Waals surface area contributed by atoms with Crippen molar-refractivity contribution in [1.82, 2.24) is 4.90 Å². The average Bonchev–Trinajstić information content (AvgIpc) is 2.28. The molecule has 0 saturated carbocycles. The van der Waals surface area contributed by atoms with E-state index in [1.807, 2.05) is 0 Å². The van der Waals surface area contributed by atoms with Gasteiger partial charge in [-0.25, -0.2) is 0 Å². The Morgan fingerprint density at radius 3 is 2.77 bits per heavy atom. The quantitative estimate of drug-likeness (QED) is 0.431. The molecule has 5 nitrogen and oxygen atoms in total. The second-order valence-corrected chi connectivity index (χ2v) is 3.25. The van der Waals surface area contributed by atoms with Gasteiger partial charge in [0.25, 0.3) is 0 Å². The molecule has 1 N–H and O–H groups in total. The van der Waals surface area contributed by atoms with Crippen LogP contribution in [0.15, 0.2) is 0 Å². The minimum absolute atomic E-state index is 0.145. The molecular formula is C7H12BNO4. The Balaban J connectivity index is 2.52. The maximum absolute atomic E-state index is 11.2. The number of Topliss-reactive ketones (excluding diaryl/α,β-unsaturated/α-hetero) is 1. The van der Waals surface area contributed by atoms with E-state index in [1.165, 1.54) is 6.82 Å². The molecule has 0 aromatic rings. The Kier molecular flexibility index (Phi) is 3.05. The second-order valence-electron chi connectivity index (χ2n) is 3.25. The Bertz CT molecular complexity index is 231. The van der Waals surface area contributed by atoms with Gasteiger partial charge >= 0.3 is 13.1 Å². The molecule has 1 atom stereocenters. The van der Waals surface area contributed by atoms with Crippen molar-refractivity contribution < 1.29 is 19.3 Å². The number of rotatable bonds is 2. The van der Waals surface area contributed by atoms with Crippen LogP contribution in [0.5, 0.6) is 0 Å². The van der Waals surface area contributed by atoms with Crippen molar-refractivity contribution in [2.75, 3.05) is 20.1 Å². The SMILES string of the molecule is CB(O)OC(=O)[C@H]1CN(C)CC1=O. The largest absolute Gasteiger partial charge is 0.521 e. The molecule has 1 fully saturated rings. The van der Waals surface area contributed by atoms with Crippen LogP contribution in [-0.4, -0.2) is 48.9 Å². The number of carbonyl (C=O) groups is 2. The van der Waals surface area contributed by atoms with Gasteiger partial charge in [-0.05, 0) is 13.9 Å². The normalized spacial score (nSPS) is 23.3. The maximum atomic E-state index is 11.2. The second kappa shape index (κ2) is 3.89. The molecule has 0 amide bonds.